The van der Waals surface area contributed by atoms with Crippen molar-refractivity contribution in [3.63, 3.8) is 0 Å². The van der Waals surface area contributed by atoms with Gasteiger partial charge in [-0.25, -0.2) is 13.5 Å². The lowest BCUT2D eigenvalue weighted by atomic mass is 10.2. The van der Waals surface area contributed by atoms with E-state index in [1.54, 1.807) is 28.9 Å². The minimum atomic E-state index is -1.26. The number of aromatic nitrogens is 2. The average Bonchev–Trinajstić information content (AvgIpc) is 3.19. The Morgan fingerprint density at radius 1 is 1.14 bits per heavy atom. The number of benzene rings is 2. The van der Waals surface area contributed by atoms with E-state index in [0.717, 1.165) is 37.4 Å². The van der Waals surface area contributed by atoms with E-state index in [-0.39, 0.29) is 0 Å². The maximum Gasteiger partial charge on any atom is 0.127 e. The molecule has 8 heteroatoms. The summed E-state index contributed by atoms with van der Waals surface area (Å²) in [4.78, 5) is 9.54. The van der Waals surface area contributed by atoms with Crippen LogP contribution in [0.4, 0.5) is 11.4 Å². The molecule has 1 atom stereocenters. The van der Waals surface area contributed by atoms with Crippen LogP contribution in [0.15, 0.2) is 59.1 Å². The van der Waals surface area contributed by atoms with Crippen LogP contribution in [0.1, 0.15) is 0 Å². The van der Waals surface area contributed by atoms with E-state index < -0.39 is 11.0 Å². The number of fused-ring (bicyclic) bond motifs is 2. The molecule has 0 aliphatic heterocycles. The number of hydrogen-bond donors (Lipinski definition) is 1. The van der Waals surface area contributed by atoms with Crippen molar-refractivity contribution in [1.82, 2.24) is 14.3 Å². The summed E-state index contributed by atoms with van der Waals surface area (Å²) in [6.07, 6.45) is 1.77. The highest BCUT2D eigenvalue weighted by Crippen LogP contribution is 2.29. The van der Waals surface area contributed by atoms with Crippen molar-refractivity contribution < 1.29 is 8.95 Å². The summed E-state index contributed by atoms with van der Waals surface area (Å²) in [5.41, 5.74) is 5.53. The van der Waals surface area contributed by atoms with E-state index in [0.29, 0.717) is 13.2 Å². The van der Waals surface area contributed by atoms with Crippen LogP contribution in [0.25, 0.3) is 21.1 Å². The molecule has 0 saturated carbocycles. The summed E-state index contributed by atoms with van der Waals surface area (Å²) < 4.78 is 20.8. The van der Waals surface area contributed by atoms with Crippen LogP contribution >= 0.6 is 11.3 Å². The van der Waals surface area contributed by atoms with Crippen LogP contribution in [-0.4, -0.2) is 45.8 Å². The summed E-state index contributed by atoms with van der Waals surface area (Å²) >= 11 is 1.62. The topological polar surface area (TPSA) is 67.3 Å². The number of nitrogens with zero attached hydrogens (tertiary/aromatic N) is 3. The number of rotatable bonds is 7. The van der Waals surface area contributed by atoms with E-state index in [1.165, 1.54) is 0 Å². The molecule has 4 aromatic rings. The Hall–Kier alpha value is -2.39. The Bertz CT molecular complexity index is 1150. The minimum absolute atomic E-state index is 0.531. The number of pyridine rings is 1. The Morgan fingerprint density at radius 2 is 2.04 bits per heavy atom. The van der Waals surface area contributed by atoms with Crippen LogP contribution in [0.3, 0.4) is 0 Å². The highest BCUT2D eigenvalue weighted by Gasteiger charge is 2.13. The van der Waals surface area contributed by atoms with E-state index >= 15 is 0 Å². The molecule has 2 heterocycles. The van der Waals surface area contributed by atoms with E-state index in [2.05, 4.69) is 21.4 Å². The first-order valence-corrected chi connectivity index (χ1v) is 10.8. The van der Waals surface area contributed by atoms with Gasteiger partial charge in [0.1, 0.15) is 11.0 Å². The minimum Gasteiger partial charge on any atom is -0.383 e. The molecular formula is C20H20N4O2S2. The van der Waals surface area contributed by atoms with Crippen molar-refractivity contribution in [2.24, 2.45) is 0 Å². The number of ether oxygens (including phenoxy) is 1. The van der Waals surface area contributed by atoms with Gasteiger partial charge >= 0.3 is 0 Å². The monoisotopic (exact) mass is 412 g/mol. The molecule has 0 radical (unpaired) electrons. The van der Waals surface area contributed by atoms with Crippen LogP contribution in [0, 0.1) is 0 Å². The third-order valence-electron chi connectivity index (χ3n) is 4.42. The second-order valence-electron chi connectivity index (χ2n) is 6.29. The van der Waals surface area contributed by atoms with Crippen molar-refractivity contribution in [3.8, 4) is 0 Å². The van der Waals surface area contributed by atoms with Crippen molar-refractivity contribution in [2.45, 2.75) is 4.90 Å². The molecule has 0 amide bonds. The van der Waals surface area contributed by atoms with E-state index in [1.807, 2.05) is 49.0 Å². The molecule has 0 aliphatic carbocycles. The zero-order valence-electron chi connectivity index (χ0n) is 15.6. The van der Waals surface area contributed by atoms with Crippen molar-refractivity contribution in [2.75, 3.05) is 32.6 Å². The first-order valence-electron chi connectivity index (χ1n) is 8.77. The van der Waals surface area contributed by atoms with Crippen LogP contribution in [0.5, 0.6) is 0 Å². The summed E-state index contributed by atoms with van der Waals surface area (Å²) in [7, 11) is 2.20. The van der Waals surface area contributed by atoms with Crippen molar-refractivity contribution in [1.29, 1.82) is 0 Å². The molecule has 2 aromatic carbocycles. The fourth-order valence-electron chi connectivity index (χ4n) is 2.92. The summed E-state index contributed by atoms with van der Waals surface area (Å²) in [5, 5.41) is 4.37. The van der Waals surface area contributed by atoms with Gasteiger partial charge in [-0.3, -0.25) is 4.98 Å². The number of methoxy groups -OCH3 is 1. The maximum atomic E-state index is 12.8. The summed E-state index contributed by atoms with van der Waals surface area (Å²) in [5.74, 6) is 0. The molecule has 4 rings (SSSR count). The Morgan fingerprint density at radius 3 is 2.89 bits per heavy atom. The fraction of sp³-hybridized carbons (Fsp3) is 0.200. The Labute approximate surface area is 169 Å². The van der Waals surface area contributed by atoms with Gasteiger partial charge in [-0.1, -0.05) is 0 Å². The smallest absolute Gasteiger partial charge is 0.127 e. The number of hydrogen-bond acceptors (Lipinski definition) is 6. The van der Waals surface area contributed by atoms with Crippen molar-refractivity contribution >= 4 is 54.8 Å². The van der Waals surface area contributed by atoms with Gasteiger partial charge in [0.25, 0.3) is 0 Å². The predicted molar refractivity (Wildman–Crippen MR) is 116 cm³/mol. The lowest BCUT2D eigenvalue weighted by Crippen LogP contribution is -2.25. The standard InChI is InChI=1S/C20H20N4O2S2/c1-24(9-10-26-2)28(25)15-4-5-17-16(12-15)18(7-8-21-17)23-14-3-6-20-19(11-14)22-13-27-20/h3-8,11-13H,9-10H2,1-2H3,(H,21,23). The molecule has 1 unspecified atom stereocenters. The molecule has 0 bridgehead atoms. The van der Waals surface area contributed by atoms with Gasteiger partial charge in [0, 0.05) is 43.7 Å². The van der Waals surface area contributed by atoms with Gasteiger partial charge in [-0.2, -0.15) is 0 Å². The van der Waals surface area contributed by atoms with Gasteiger partial charge in [0.15, 0.2) is 0 Å². The second-order valence-corrected chi connectivity index (χ2v) is 8.77. The molecule has 0 saturated heterocycles. The van der Waals surface area contributed by atoms with E-state index in [9.17, 15) is 4.21 Å². The number of thiazole rings is 1. The van der Waals surface area contributed by atoms with Crippen LogP contribution in [-0.2, 0) is 15.7 Å². The molecule has 28 heavy (non-hydrogen) atoms. The third-order valence-corrected chi connectivity index (χ3v) is 6.63. The number of anilines is 2. The van der Waals surface area contributed by atoms with Gasteiger partial charge < -0.3 is 10.1 Å². The lowest BCUT2D eigenvalue weighted by molar-refractivity contribution is 0.186. The molecule has 144 valence electrons. The van der Waals surface area contributed by atoms with Gasteiger partial charge in [0.2, 0.25) is 0 Å². The molecule has 2 aromatic heterocycles. The molecule has 0 spiro atoms. The first-order chi connectivity index (χ1) is 13.7. The summed E-state index contributed by atoms with van der Waals surface area (Å²) in [6, 6.07) is 13.7. The highest BCUT2D eigenvalue weighted by atomic mass is 32.2. The third kappa shape index (κ3) is 3.90. The molecule has 6 nitrogen and oxygen atoms in total. The molecule has 0 aliphatic rings. The summed E-state index contributed by atoms with van der Waals surface area (Å²) in [6.45, 7) is 1.12. The van der Waals surface area contributed by atoms with Crippen LogP contribution < -0.4 is 5.32 Å². The molecule has 0 fully saturated rings. The normalized spacial score (nSPS) is 12.7. The predicted octanol–water partition coefficient (Wildman–Crippen LogP) is 4.19. The Kier molecular flexibility index (Phi) is 5.63. The Balaban J connectivity index is 1.67. The largest absolute Gasteiger partial charge is 0.383 e. The first kappa shape index (κ1) is 18.9. The van der Waals surface area contributed by atoms with Gasteiger partial charge in [-0.05, 0) is 42.5 Å². The highest BCUT2D eigenvalue weighted by molar-refractivity contribution is 7.82. The molecular weight excluding hydrogens is 392 g/mol. The maximum absolute atomic E-state index is 12.8. The fourth-order valence-corrected chi connectivity index (χ4v) is 4.58. The van der Waals surface area contributed by atoms with Crippen LogP contribution in [0.2, 0.25) is 0 Å². The second kappa shape index (κ2) is 8.32. The average molecular weight is 413 g/mol. The zero-order valence-corrected chi connectivity index (χ0v) is 17.2. The zero-order chi connectivity index (χ0) is 19.5. The van der Waals surface area contributed by atoms with E-state index in [4.69, 9.17) is 4.74 Å². The van der Waals surface area contributed by atoms with Gasteiger partial charge in [0.05, 0.1) is 32.7 Å². The lowest BCUT2D eigenvalue weighted by Gasteiger charge is -2.16. The quantitative estimate of drug-likeness (QED) is 0.493. The SMILES string of the molecule is COCCN(C)S(=O)c1ccc2nccc(Nc3ccc4scnc4c3)c2c1. The number of nitrogens with one attached hydrogen (secondary N) is 1. The molecule has 1 N–H and O–H groups in total. The van der Waals surface area contributed by atoms with Crippen molar-refractivity contribution in [3.05, 3.63) is 54.2 Å². The van der Waals surface area contributed by atoms with Gasteiger partial charge in [-0.15, -0.1) is 11.3 Å². The number of likely N-dealkylation sites (N-methyl/N-ethyl adjacent to an activating group) is 1.